The number of hydrogen-bond acceptors (Lipinski definition) is 10. The van der Waals surface area contributed by atoms with Crippen molar-refractivity contribution in [1.29, 1.82) is 0 Å². The van der Waals surface area contributed by atoms with Crippen LogP contribution in [0.25, 0.3) is 22.3 Å². The van der Waals surface area contributed by atoms with E-state index in [4.69, 9.17) is 14.7 Å². The van der Waals surface area contributed by atoms with Crippen LogP contribution in [0.4, 0.5) is 0 Å². The van der Waals surface area contributed by atoms with Gasteiger partial charge in [0.05, 0.1) is 22.8 Å². The summed E-state index contributed by atoms with van der Waals surface area (Å²) in [7, 11) is -3.86. The number of aliphatic hydroxyl groups excluding tert-OH is 1. The predicted molar refractivity (Wildman–Crippen MR) is 172 cm³/mol. The second-order valence-corrected chi connectivity index (χ2v) is 16.1. The van der Waals surface area contributed by atoms with E-state index in [1.54, 1.807) is 20.8 Å². The highest BCUT2D eigenvalue weighted by molar-refractivity contribution is 7.91. The molecule has 0 unspecified atom stereocenters. The molecule has 46 heavy (non-hydrogen) atoms. The number of fused-ring (bicyclic) bond motifs is 1. The summed E-state index contributed by atoms with van der Waals surface area (Å²) in [4.78, 5) is 51.7. The molecular formula is C32H37N5O7S2. The van der Waals surface area contributed by atoms with Crippen molar-refractivity contribution in [1.82, 2.24) is 24.9 Å². The normalized spacial score (nSPS) is 25.1. The molecule has 0 radical (unpaired) electrons. The first-order valence-corrected chi connectivity index (χ1v) is 17.7. The summed E-state index contributed by atoms with van der Waals surface area (Å²) in [6.07, 6.45) is 0.499. The second-order valence-electron chi connectivity index (χ2n) is 13.3. The molecule has 5 atom stereocenters. The second kappa shape index (κ2) is 11.7. The number of sulfonamides is 1. The molecule has 3 aliphatic rings. The van der Waals surface area contributed by atoms with Gasteiger partial charge in [-0.3, -0.25) is 19.1 Å². The van der Waals surface area contributed by atoms with Gasteiger partial charge in [0.1, 0.15) is 29.5 Å². The van der Waals surface area contributed by atoms with Gasteiger partial charge in [-0.1, -0.05) is 39.0 Å². The summed E-state index contributed by atoms with van der Waals surface area (Å²) in [6, 6.07) is 8.14. The Morgan fingerprint density at radius 1 is 1.17 bits per heavy atom. The van der Waals surface area contributed by atoms with Crippen LogP contribution in [-0.4, -0.2) is 81.7 Å². The predicted octanol–water partition coefficient (Wildman–Crippen LogP) is 2.78. The summed E-state index contributed by atoms with van der Waals surface area (Å²) in [5.41, 5.74) is 0.263. The average Bonchev–Trinajstić information content (AvgIpc) is 3.88. The summed E-state index contributed by atoms with van der Waals surface area (Å²) in [5.74, 6) is -2.41. The van der Waals surface area contributed by atoms with E-state index in [9.17, 15) is 27.9 Å². The Bertz CT molecular complexity index is 1800. The fraction of sp³-hybridized carbons (Fsp3) is 0.469. The lowest BCUT2D eigenvalue weighted by Gasteiger charge is -2.32. The highest BCUT2D eigenvalue weighted by atomic mass is 32.2. The van der Waals surface area contributed by atoms with Crippen LogP contribution in [0.5, 0.6) is 5.88 Å². The van der Waals surface area contributed by atoms with Crippen molar-refractivity contribution in [2.75, 3.05) is 6.54 Å². The van der Waals surface area contributed by atoms with Crippen LogP contribution in [0, 0.1) is 11.3 Å². The van der Waals surface area contributed by atoms with E-state index < -0.39 is 68.1 Å². The number of amides is 3. The number of aliphatic hydroxyl groups is 1. The van der Waals surface area contributed by atoms with Crippen molar-refractivity contribution in [2.24, 2.45) is 11.3 Å². The van der Waals surface area contributed by atoms with Gasteiger partial charge in [0.15, 0.2) is 0 Å². The summed E-state index contributed by atoms with van der Waals surface area (Å²) >= 11 is 1.49. The Labute approximate surface area is 271 Å². The minimum absolute atomic E-state index is 0.0306. The Morgan fingerprint density at radius 3 is 2.46 bits per heavy atom. The molecule has 6 rings (SSSR count). The molecule has 3 aromatic rings. The molecular weight excluding hydrogens is 631 g/mol. The van der Waals surface area contributed by atoms with Crippen LogP contribution < -0.4 is 14.8 Å². The van der Waals surface area contributed by atoms with Crippen molar-refractivity contribution in [3.63, 3.8) is 0 Å². The summed E-state index contributed by atoms with van der Waals surface area (Å²) < 4.78 is 33.7. The molecule has 1 saturated heterocycles. The van der Waals surface area contributed by atoms with E-state index in [0.717, 1.165) is 5.56 Å². The van der Waals surface area contributed by atoms with Crippen LogP contribution in [0.15, 0.2) is 53.7 Å². The number of benzene rings is 1. The van der Waals surface area contributed by atoms with Gasteiger partial charge in [0, 0.05) is 23.3 Å². The van der Waals surface area contributed by atoms with Crippen LogP contribution in [0.1, 0.15) is 46.5 Å². The number of aromatic nitrogens is 2. The number of thiophene rings is 1. The largest absolute Gasteiger partial charge is 0.471 e. The molecule has 244 valence electrons. The highest BCUT2D eigenvalue weighted by Gasteiger charge is 2.62. The van der Waals surface area contributed by atoms with Gasteiger partial charge < -0.3 is 20.1 Å². The van der Waals surface area contributed by atoms with Gasteiger partial charge in [-0.05, 0) is 48.3 Å². The lowest BCUT2D eigenvalue weighted by molar-refractivity contribution is -0.150. The maximum absolute atomic E-state index is 14.0. The number of nitrogens with one attached hydrogen (secondary N) is 2. The van der Waals surface area contributed by atoms with E-state index in [1.165, 1.54) is 22.3 Å². The van der Waals surface area contributed by atoms with Crippen LogP contribution in [-0.2, 0) is 24.4 Å². The van der Waals surface area contributed by atoms with Gasteiger partial charge in [0.25, 0.3) is 11.8 Å². The van der Waals surface area contributed by atoms with Gasteiger partial charge in [-0.25, -0.2) is 18.4 Å². The van der Waals surface area contributed by atoms with Crippen molar-refractivity contribution >= 4 is 50.1 Å². The molecule has 12 nitrogen and oxygen atoms in total. The number of para-hydroxylation sites is 2. The van der Waals surface area contributed by atoms with Gasteiger partial charge in [-0.2, -0.15) is 11.3 Å². The van der Waals surface area contributed by atoms with E-state index in [1.807, 2.05) is 41.1 Å². The highest BCUT2D eigenvalue weighted by Crippen LogP contribution is 2.45. The molecule has 2 saturated carbocycles. The SMILES string of the molecule is C=C[C@@H]1C[C@]1(NC(=O)[C@@H]1C[C@@H](Oc2nc3ccccc3nc2-c2ccsc2)CN1C(=O)[C@@H](O)C(C)(C)C)C(=O)NS(=O)(=O)C1CC1. The molecule has 3 heterocycles. The lowest BCUT2D eigenvalue weighted by atomic mass is 9.88. The standard InChI is InChI=1S/C32H37N5O7S2/c1-5-19-15-32(19,30(41)36-46(42,43)21-10-11-21)35-27(39)24-14-20(16-37(24)29(40)26(38)31(2,3)4)44-28-25(18-12-13-45-17-18)33-22-8-6-7-9-23(22)34-28/h5-9,12-13,17,19-21,24,26,38H,1,10-11,14-16H2,2-4H3,(H,35,39)(H,36,41)/t19-,20-,24+,26-,32-/m1/s1. The van der Waals surface area contributed by atoms with Gasteiger partial charge >= 0.3 is 0 Å². The third-order valence-electron chi connectivity index (χ3n) is 8.76. The van der Waals surface area contributed by atoms with E-state index in [2.05, 4.69) is 16.6 Å². The number of ether oxygens (including phenoxy) is 1. The molecule has 0 bridgehead atoms. The number of hydrogen-bond donors (Lipinski definition) is 3. The van der Waals surface area contributed by atoms with Gasteiger partial charge in [0.2, 0.25) is 21.8 Å². The molecule has 3 fully saturated rings. The monoisotopic (exact) mass is 667 g/mol. The van der Waals surface area contributed by atoms with Crippen molar-refractivity contribution < 1.29 is 32.6 Å². The van der Waals surface area contributed by atoms with Crippen LogP contribution in [0.2, 0.25) is 0 Å². The third-order valence-corrected chi connectivity index (χ3v) is 11.3. The van der Waals surface area contributed by atoms with Crippen LogP contribution >= 0.6 is 11.3 Å². The van der Waals surface area contributed by atoms with E-state index in [-0.39, 0.29) is 25.3 Å². The number of rotatable bonds is 10. The first-order chi connectivity index (χ1) is 21.7. The molecule has 0 spiro atoms. The molecule has 3 N–H and O–H groups in total. The fourth-order valence-corrected chi connectivity index (χ4v) is 7.74. The lowest BCUT2D eigenvalue weighted by Crippen LogP contribution is -2.57. The zero-order valence-corrected chi connectivity index (χ0v) is 27.4. The number of likely N-dealkylation sites (tertiary alicyclic amines) is 1. The molecule has 14 heteroatoms. The summed E-state index contributed by atoms with van der Waals surface area (Å²) in [5, 5.41) is 16.9. The molecule has 2 aromatic heterocycles. The van der Waals surface area contributed by atoms with Crippen molar-refractivity contribution in [2.45, 2.75) is 75.5 Å². The number of carbonyl (C=O) groups excluding carboxylic acids is 3. The zero-order chi connectivity index (χ0) is 33.0. The Kier molecular flexibility index (Phi) is 8.18. The fourth-order valence-electron chi connectivity index (χ4n) is 5.73. The Balaban J connectivity index is 1.29. The number of carbonyl (C=O) groups is 3. The first-order valence-electron chi connectivity index (χ1n) is 15.2. The van der Waals surface area contributed by atoms with Crippen molar-refractivity contribution in [3.05, 3.63) is 53.7 Å². The van der Waals surface area contributed by atoms with Crippen LogP contribution in [0.3, 0.4) is 0 Å². The Hall–Kier alpha value is -3.88. The van der Waals surface area contributed by atoms with E-state index in [0.29, 0.717) is 29.6 Å². The Morgan fingerprint density at radius 2 is 1.87 bits per heavy atom. The summed E-state index contributed by atoms with van der Waals surface area (Å²) in [6.45, 7) is 8.84. The quantitative estimate of drug-likeness (QED) is 0.276. The van der Waals surface area contributed by atoms with Crippen molar-refractivity contribution in [3.8, 4) is 17.1 Å². The molecule has 1 aromatic carbocycles. The minimum atomic E-state index is -3.86. The maximum atomic E-state index is 14.0. The number of nitrogens with zero attached hydrogens (tertiary/aromatic N) is 3. The molecule has 3 amide bonds. The average molecular weight is 668 g/mol. The minimum Gasteiger partial charge on any atom is -0.471 e. The maximum Gasteiger partial charge on any atom is 0.259 e. The molecule has 1 aliphatic heterocycles. The van der Waals surface area contributed by atoms with E-state index >= 15 is 0 Å². The molecule has 2 aliphatic carbocycles. The zero-order valence-electron chi connectivity index (χ0n) is 25.8. The third kappa shape index (κ3) is 6.13. The smallest absolute Gasteiger partial charge is 0.259 e. The first kappa shape index (κ1) is 32.1. The van der Waals surface area contributed by atoms with Gasteiger partial charge in [-0.15, -0.1) is 6.58 Å². The topological polar surface area (TPSA) is 168 Å².